The number of hydrogen-bond donors (Lipinski definition) is 2. The number of rotatable bonds is 5. The van der Waals surface area contributed by atoms with E-state index in [1.54, 1.807) is 32.0 Å². The summed E-state index contributed by atoms with van der Waals surface area (Å²) in [5.74, 6) is 0.562. The number of anilines is 1. The van der Waals surface area contributed by atoms with E-state index in [0.29, 0.717) is 17.9 Å². The van der Waals surface area contributed by atoms with E-state index in [9.17, 15) is 9.59 Å². The lowest BCUT2D eigenvalue weighted by Gasteiger charge is -2.14. The second-order valence-electron chi connectivity index (χ2n) is 3.84. The van der Waals surface area contributed by atoms with Crippen molar-refractivity contribution in [2.75, 3.05) is 12.4 Å². The summed E-state index contributed by atoms with van der Waals surface area (Å²) in [5.41, 5.74) is 0.564. The van der Waals surface area contributed by atoms with Crippen molar-refractivity contribution in [3.8, 4) is 5.75 Å². The molecule has 1 rings (SSSR count). The zero-order chi connectivity index (χ0) is 13.5. The van der Waals surface area contributed by atoms with Crippen LogP contribution in [-0.2, 0) is 4.79 Å². The van der Waals surface area contributed by atoms with Gasteiger partial charge in [-0.25, -0.2) is 4.79 Å². The second-order valence-corrected chi connectivity index (χ2v) is 3.84. The van der Waals surface area contributed by atoms with E-state index in [4.69, 9.17) is 4.74 Å². The highest BCUT2D eigenvalue weighted by Gasteiger charge is 2.14. The summed E-state index contributed by atoms with van der Waals surface area (Å²) < 4.78 is 5.11. The first-order chi connectivity index (χ1) is 8.58. The van der Waals surface area contributed by atoms with Crippen LogP contribution in [0.25, 0.3) is 0 Å². The first kappa shape index (κ1) is 14.0. The summed E-state index contributed by atoms with van der Waals surface area (Å²) in [5, 5.41) is 5.22. The topological polar surface area (TPSA) is 67.4 Å². The van der Waals surface area contributed by atoms with Crippen LogP contribution < -0.4 is 15.4 Å². The molecule has 1 aromatic carbocycles. The highest BCUT2D eigenvalue weighted by molar-refractivity contribution is 5.95. The highest BCUT2D eigenvalue weighted by Crippen LogP contribution is 2.22. The molecule has 5 nitrogen and oxygen atoms in total. The molecule has 0 spiro atoms. The number of ether oxygens (including phenoxy) is 1. The van der Waals surface area contributed by atoms with Crippen molar-refractivity contribution >= 4 is 17.5 Å². The number of hydrogen-bond acceptors (Lipinski definition) is 3. The third kappa shape index (κ3) is 3.76. The van der Waals surface area contributed by atoms with E-state index in [1.165, 1.54) is 7.11 Å². The molecule has 98 valence electrons. The zero-order valence-corrected chi connectivity index (χ0v) is 10.8. The molecule has 5 heteroatoms. The van der Waals surface area contributed by atoms with Crippen LogP contribution in [0.4, 0.5) is 10.5 Å². The van der Waals surface area contributed by atoms with Crippen molar-refractivity contribution in [2.45, 2.75) is 26.3 Å². The Bertz CT molecular complexity index is 432. The second kappa shape index (κ2) is 6.64. The van der Waals surface area contributed by atoms with Gasteiger partial charge in [-0.05, 0) is 19.1 Å². The number of amides is 2. The van der Waals surface area contributed by atoms with Crippen molar-refractivity contribution in [3.05, 3.63) is 24.3 Å². The van der Waals surface area contributed by atoms with Crippen molar-refractivity contribution in [1.82, 2.24) is 5.32 Å². The average Bonchev–Trinajstić information content (AvgIpc) is 2.38. The number of Topliss-reactive ketones (excluding diaryl/α,β-unsaturated/α-hetero) is 1. The van der Waals surface area contributed by atoms with Crippen LogP contribution in [0.2, 0.25) is 0 Å². The fourth-order valence-electron chi connectivity index (χ4n) is 1.49. The van der Waals surface area contributed by atoms with Gasteiger partial charge >= 0.3 is 6.03 Å². The number of carbonyl (C=O) groups is 2. The van der Waals surface area contributed by atoms with E-state index in [1.807, 2.05) is 6.07 Å². The molecule has 0 radical (unpaired) electrons. The Kier molecular flexibility index (Phi) is 5.17. The van der Waals surface area contributed by atoms with Crippen LogP contribution in [0.1, 0.15) is 20.3 Å². The first-order valence-corrected chi connectivity index (χ1v) is 5.81. The number of methoxy groups -OCH3 is 1. The molecular weight excluding hydrogens is 232 g/mol. The quantitative estimate of drug-likeness (QED) is 0.841. The number of para-hydroxylation sites is 2. The van der Waals surface area contributed by atoms with Crippen molar-refractivity contribution in [3.63, 3.8) is 0 Å². The highest BCUT2D eigenvalue weighted by atomic mass is 16.5. The molecule has 1 atom stereocenters. The maximum Gasteiger partial charge on any atom is 0.319 e. The Morgan fingerprint density at radius 2 is 2.00 bits per heavy atom. The average molecular weight is 250 g/mol. The van der Waals surface area contributed by atoms with Crippen LogP contribution in [0.5, 0.6) is 5.75 Å². The molecule has 18 heavy (non-hydrogen) atoms. The molecule has 0 saturated carbocycles. The Labute approximate surface area is 107 Å². The number of ketones is 1. The first-order valence-electron chi connectivity index (χ1n) is 5.81. The van der Waals surface area contributed by atoms with Crippen molar-refractivity contribution < 1.29 is 14.3 Å². The molecule has 0 aliphatic heterocycles. The summed E-state index contributed by atoms with van der Waals surface area (Å²) in [6.07, 6.45) is 0.399. The largest absolute Gasteiger partial charge is 0.495 e. The van der Waals surface area contributed by atoms with Crippen LogP contribution in [0.15, 0.2) is 24.3 Å². The Morgan fingerprint density at radius 3 is 2.61 bits per heavy atom. The predicted octanol–water partition coefficient (Wildman–Crippen LogP) is 2.18. The summed E-state index contributed by atoms with van der Waals surface area (Å²) in [4.78, 5) is 23.0. The fourth-order valence-corrected chi connectivity index (χ4v) is 1.49. The maximum atomic E-state index is 11.7. The van der Waals surface area contributed by atoms with Gasteiger partial charge in [0, 0.05) is 6.42 Å². The summed E-state index contributed by atoms with van der Waals surface area (Å²) in [6.45, 7) is 3.42. The SMILES string of the molecule is CCC(=O)C(C)NC(=O)Nc1ccccc1OC. The van der Waals surface area contributed by atoms with Gasteiger partial charge in [0.25, 0.3) is 0 Å². The number of urea groups is 1. The third-order valence-corrected chi connectivity index (χ3v) is 2.53. The van der Waals surface area contributed by atoms with E-state index < -0.39 is 12.1 Å². The van der Waals surface area contributed by atoms with E-state index in [2.05, 4.69) is 10.6 Å². The minimum atomic E-state index is -0.496. The lowest BCUT2D eigenvalue weighted by molar-refractivity contribution is -0.120. The van der Waals surface area contributed by atoms with Crippen LogP contribution in [0, 0.1) is 0 Å². The third-order valence-electron chi connectivity index (χ3n) is 2.53. The molecule has 0 saturated heterocycles. The molecule has 0 bridgehead atoms. The molecule has 1 aromatic rings. The fraction of sp³-hybridized carbons (Fsp3) is 0.385. The number of carbonyl (C=O) groups excluding carboxylic acids is 2. The van der Waals surface area contributed by atoms with Gasteiger partial charge in [-0.3, -0.25) is 4.79 Å². The number of benzene rings is 1. The molecule has 0 aliphatic rings. The molecule has 0 aliphatic carbocycles. The van der Waals surface area contributed by atoms with Gasteiger partial charge in [0.2, 0.25) is 0 Å². The molecule has 0 aromatic heterocycles. The Morgan fingerprint density at radius 1 is 1.33 bits per heavy atom. The molecule has 2 N–H and O–H groups in total. The van der Waals surface area contributed by atoms with Crippen LogP contribution in [0.3, 0.4) is 0 Å². The summed E-state index contributed by atoms with van der Waals surface area (Å²) in [6, 6.07) is 6.16. The minimum Gasteiger partial charge on any atom is -0.495 e. The van der Waals surface area contributed by atoms with Crippen LogP contribution >= 0.6 is 0 Å². The monoisotopic (exact) mass is 250 g/mol. The maximum absolute atomic E-state index is 11.7. The standard InChI is InChI=1S/C13H18N2O3/c1-4-11(16)9(2)14-13(17)15-10-7-5-6-8-12(10)18-3/h5-9H,4H2,1-3H3,(H2,14,15,17). The van der Waals surface area contributed by atoms with Gasteiger partial charge in [0.05, 0.1) is 18.8 Å². The zero-order valence-electron chi connectivity index (χ0n) is 10.8. The van der Waals surface area contributed by atoms with Gasteiger partial charge in [0.1, 0.15) is 5.75 Å². The number of nitrogens with one attached hydrogen (secondary N) is 2. The molecule has 1 unspecified atom stereocenters. The molecule has 0 heterocycles. The lowest BCUT2D eigenvalue weighted by atomic mass is 10.2. The molecule has 2 amide bonds. The predicted molar refractivity (Wildman–Crippen MR) is 69.9 cm³/mol. The van der Waals surface area contributed by atoms with Gasteiger partial charge in [-0.2, -0.15) is 0 Å². The molecular formula is C13H18N2O3. The van der Waals surface area contributed by atoms with Gasteiger partial charge in [-0.1, -0.05) is 19.1 Å². The van der Waals surface area contributed by atoms with Gasteiger partial charge in [-0.15, -0.1) is 0 Å². The van der Waals surface area contributed by atoms with E-state index in [-0.39, 0.29) is 5.78 Å². The summed E-state index contributed by atoms with van der Waals surface area (Å²) >= 11 is 0. The van der Waals surface area contributed by atoms with Crippen LogP contribution in [-0.4, -0.2) is 25.0 Å². The summed E-state index contributed by atoms with van der Waals surface area (Å²) in [7, 11) is 1.53. The minimum absolute atomic E-state index is 0.00910. The lowest BCUT2D eigenvalue weighted by Crippen LogP contribution is -2.40. The van der Waals surface area contributed by atoms with E-state index >= 15 is 0 Å². The van der Waals surface area contributed by atoms with E-state index in [0.717, 1.165) is 0 Å². The van der Waals surface area contributed by atoms with Crippen molar-refractivity contribution in [2.24, 2.45) is 0 Å². The normalized spacial score (nSPS) is 11.5. The van der Waals surface area contributed by atoms with Gasteiger partial charge in [0.15, 0.2) is 5.78 Å². The smallest absolute Gasteiger partial charge is 0.319 e. The molecule has 0 fully saturated rings. The van der Waals surface area contributed by atoms with Crippen molar-refractivity contribution in [1.29, 1.82) is 0 Å². The Balaban J connectivity index is 2.62. The Hall–Kier alpha value is -2.04. The van der Waals surface area contributed by atoms with Gasteiger partial charge < -0.3 is 15.4 Å².